The minimum absolute atomic E-state index is 0.116. The highest BCUT2D eigenvalue weighted by Gasteiger charge is 2.36. The predicted molar refractivity (Wildman–Crippen MR) is 128 cm³/mol. The number of rotatable bonds is 4. The number of anilines is 1. The lowest BCUT2D eigenvalue weighted by molar-refractivity contribution is -0.122. The van der Waals surface area contributed by atoms with Gasteiger partial charge in [0, 0.05) is 0 Å². The number of imide groups is 2. The van der Waals surface area contributed by atoms with E-state index in [1.807, 2.05) is 19.9 Å². The molecule has 0 spiro atoms. The Kier molecular flexibility index (Phi) is 6.30. The number of barbiturate groups is 1. The van der Waals surface area contributed by atoms with Crippen molar-refractivity contribution in [1.29, 1.82) is 0 Å². The highest BCUT2D eigenvalue weighted by atomic mass is 35.5. The molecule has 1 N–H and O–H groups in total. The van der Waals surface area contributed by atoms with E-state index in [0.717, 1.165) is 16.0 Å². The topological polar surface area (TPSA) is 92.8 Å². The third-order valence-electron chi connectivity index (χ3n) is 5.12. The SMILES string of the molecule is Cc1ccc(N2C(=O)NC(=O)/C(=C\c3ccc(OC(=O)c4cccc(C)c4)c(Cl)c3)C2=O)cc1. The molecule has 0 aromatic heterocycles. The van der Waals surface area contributed by atoms with E-state index in [1.54, 1.807) is 48.5 Å². The molecule has 1 aliphatic heterocycles. The summed E-state index contributed by atoms with van der Waals surface area (Å²) in [6.45, 7) is 3.74. The summed E-state index contributed by atoms with van der Waals surface area (Å²) < 4.78 is 5.38. The molecular weight excluding hydrogens is 456 g/mol. The van der Waals surface area contributed by atoms with Crippen LogP contribution in [0.25, 0.3) is 6.08 Å². The first-order valence-electron chi connectivity index (χ1n) is 10.3. The second-order valence-electron chi connectivity index (χ2n) is 7.74. The van der Waals surface area contributed by atoms with Gasteiger partial charge in [-0.05, 0) is 61.9 Å². The first kappa shape index (κ1) is 22.9. The Morgan fingerprint density at radius 3 is 2.35 bits per heavy atom. The zero-order chi connectivity index (χ0) is 24.4. The second kappa shape index (κ2) is 9.33. The van der Waals surface area contributed by atoms with Crippen molar-refractivity contribution in [2.45, 2.75) is 13.8 Å². The van der Waals surface area contributed by atoms with Crippen LogP contribution in [0, 0.1) is 13.8 Å². The van der Waals surface area contributed by atoms with Gasteiger partial charge in [0.15, 0.2) is 0 Å². The average molecular weight is 475 g/mol. The van der Waals surface area contributed by atoms with E-state index < -0.39 is 23.8 Å². The van der Waals surface area contributed by atoms with E-state index in [2.05, 4.69) is 5.32 Å². The molecule has 1 heterocycles. The maximum atomic E-state index is 13.0. The van der Waals surface area contributed by atoms with Crippen LogP contribution in [0.3, 0.4) is 0 Å². The molecule has 4 amide bonds. The Labute approximate surface area is 200 Å². The van der Waals surface area contributed by atoms with E-state index in [1.165, 1.54) is 18.2 Å². The van der Waals surface area contributed by atoms with Crippen LogP contribution in [-0.4, -0.2) is 23.8 Å². The number of nitrogens with zero attached hydrogens (tertiary/aromatic N) is 1. The highest BCUT2D eigenvalue weighted by molar-refractivity contribution is 6.39. The molecule has 34 heavy (non-hydrogen) atoms. The fourth-order valence-corrected chi connectivity index (χ4v) is 3.60. The smallest absolute Gasteiger partial charge is 0.343 e. The molecule has 4 rings (SSSR count). The number of hydrogen-bond acceptors (Lipinski definition) is 5. The summed E-state index contributed by atoms with van der Waals surface area (Å²) in [5, 5.41) is 2.29. The first-order chi connectivity index (χ1) is 16.2. The number of hydrogen-bond donors (Lipinski definition) is 1. The van der Waals surface area contributed by atoms with E-state index in [9.17, 15) is 19.2 Å². The Hall–Kier alpha value is -4.23. The van der Waals surface area contributed by atoms with Crippen LogP contribution in [-0.2, 0) is 9.59 Å². The Balaban J connectivity index is 1.59. The molecule has 7 nitrogen and oxygen atoms in total. The molecule has 1 aliphatic rings. The number of aryl methyl sites for hydroxylation is 2. The largest absolute Gasteiger partial charge is 0.421 e. The molecule has 1 fully saturated rings. The summed E-state index contributed by atoms with van der Waals surface area (Å²) in [6, 6.07) is 17.3. The van der Waals surface area contributed by atoms with Crippen molar-refractivity contribution >= 4 is 47.2 Å². The molecule has 0 unspecified atom stereocenters. The normalized spacial score (nSPS) is 14.9. The molecule has 0 aliphatic carbocycles. The fourth-order valence-electron chi connectivity index (χ4n) is 3.37. The molecule has 1 saturated heterocycles. The molecule has 0 bridgehead atoms. The van der Waals surface area contributed by atoms with Gasteiger partial charge in [0.25, 0.3) is 11.8 Å². The molecule has 3 aromatic carbocycles. The lowest BCUT2D eigenvalue weighted by Gasteiger charge is -2.26. The number of nitrogens with one attached hydrogen (secondary N) is 1. The third kappa shape index (κ3) is 4.74. The Morgan fingerprint density at radius 1 is 0.941 bits per heavy atom. The summed E-state index contributed by atoms with van der Waals surface area (Å²) in [7, 11) is 0. The van der Waals surface area contributed by atoms with Crippen molar-refractivity contribution < 1.29 is 23.9 Å². The van der Waals surface area contributed by atoms with Gasteiger partial charge in [-0.1, -0.05) is 53.1 Å². The number of urea groups is 1. The van der Waals surface area contributed by atoms with Crippen LogP contribution < -0.4 is 15.0 Å². The zero-order valence-electron chi connectivity index (χ0n) is 18.3. The van der Waals surface area contributed by atoms with Crippen LogP contribution in [0.15, 0.2) is 72.3 Å². The van der Waals surface area contributed by atoms with E-state index in [4.69, 9.17) is 16.3 Å². The van der Waals surface area contributed by atoms with Crippen molar-refractivity contribution in [2.24, 2.45) is 0 Å². The highest BCUT2D eigenvalue weighted by Crippen LogP contribution is 2.28. The maximum absolute atomic E-state index is 13.0. The average Bonchev–Trinajstić information content (AvgIpc) is 2.79. The van der Waals surface area contributed by atoms with E-state index in [-0.39, 0.29) is 16.3 Å². The van der Waals surface area contributed by atoms with Crippen LogP contribution in [0.4, 0.5) is 10.5 Å². The monoisotopic (exact) mass is 474 g/mol. The number of benzene rings is 3. The Bertz CT molecular complexity index is 1360. The van der Waals surface area contributed by atoms with Gasteiger partial charge in [0.1, 0.15) is 11.3 Å². The first-order valence-corrected chi connectivity index (χ1v) is 10.7. The number of carbonyl (C=O) groups excluding carboxylic acids is 4. The summed E-state index contributed by atoms with van der Waals surface area (Å²) in [6.07, 6.45) is 1.32. The van der Waals surface area contributed by atoms with Gasteiger partial charge < -0.3 is 4.74 Å². The molecular formula is C26H19ClN2O5. The van der Waals surface area contributed by atoms with E-state index in [0.29, 0.717) is 16.8 Å². The number of carbonyl (C=O) groups is 4. The quantitative estimate of drug-likeness (QED) is 0.253. The lowest BCUT2D eigenvalue weighted by Crippen LogP contribution is -2.54. The van der Waals surface area contributed by atoms with Gasteiger partial charge in [-0.3, -0.25) is 14.9 Å². The standard InChI is InChI=1S/C26H19ClN2O5/c1-15-6-9-19(10-7-15)29-24(31)20(23(30)28-26(29)33)13-17-8-11-22(21(27)14-17)34-25(32)18-5-3-4-16(2)12-18/h3-14H,1-2H3,(H,28,30,33)/b20-13+. The number of amides is 4. The van der Waals surface area contributed by atoms with Crippen LogP contribution >= 0.6 is 11.6 Å². The maximum Gasteiger partial charge on any atom is 0.343 e. The summed E-state index contributed by atoms with van der Waals surface area (Å²) in [5.41, 5.74) is 2.77. The number of halogens is 1. The Morgan fingerprint density at radius 2 is 1.68 bits per heavy atom. The summed E-state index contributed by atoms with van der Waals surface area (Å²) in [5.74, 6) is -2.01. The van der Waals surface area contributed by atoms with Gasteiger partial charge in [-0.15, -0.1) is 0 Å². The molecule has 8 heteroatoms. The molecule has 0 saturated carbocycles. The van der Waals surface area contributed by atoms with Crippen molar-refractivity contribution in [1.82, 2.24) is 5.32 Å². The van der Waals surface area contributed by atoms with Crippen molar-refractivity contribution in [2.75, 3.05) is 4.90 Å². The van der Waals surface area contributed by atoms with Crippen molar-refractivity contribution in [3.05, 3.63) is 99.6 Å². The van der Waals surface area contributed by atoms with Gasteiger partial charge in [0.2, 0.25) is 0 Å². The molecule has 170 valence electrons. The predicted octanol–water partition coefficient (Wildman–Crippen LogP) is 4.84. The molecule has 0 radical (unpaired) electrons. The van der Waals surface area contributed by atoms with Crippen molar-refractivity contribution in [3.63, 3.8) is 0 Å². The second-order valence-corrected chi connectivity index (χ2v) is 8.15. The van der Waals surface area contributed by atoms with E-state index >= 15 is 0 Å². The summed E-state index contributed by atoms with van der Waals surface area (Å²) in [4.78, 5) is 51.0. The minimum Gasteiger partial charge on any atom is -0.421 e. The lowest BCUT2D eigenvalue weighted by atomic mass is 10.1. The number of ether oxygens (including phenoxy) is 1. The summed E-state index contributed by atoms with van der Waals surface area (Å²) >= 11 is 6.29. The molecule has 3 aromatic rings. The third-order valence-corrected chi connectivity index (χ3v) is 5.41. The van der Waals surface area contributed by atoms with Gasteiger partial charge >= 0.3 is 12.0 Å². The van der Waals surface area contributed by atoms with Crippen LogP contribution in [0.5, 0.6) is 5.75 Å². The number of esters is 1. The fraction of sp³-hybridized carbons (Fsp3) is 0.0769. The minimum atomic E-state index is -0.826. The van der Waals surface area contributed by atoms with Crippen LogP contribution in [0.2, 0.25) is 5.02 Å². The zero-order valence-corrected chi connectivity index (χ0v) is 19.1. The molecule has 0 atom stereocenters. The van der Waals surface area contributed by atoms with Gasteiger partial charge in [0.05, 0.1) is 16.3 Å². The van der Waals surface area contributed by atoms with Gasteiger partial charge in [-0.25, -0.2) is 14.5 Å². The van der Waals surface area contributed by atoms with Gasteiger partial charge in [-0.2, -0.15) is 0 Å². The van der Waals surface area contributed by atoms with Crippen molar-refractivity contribution in [3.8, 4) is 5.75 Å². The van der Waals surface area contributed by atoms with Crippen LogP contribution in [0.1, 0.15) is 27.0 Å².